The van der Waals surface area contributed by atoms with Crippen LogP contribution >= 0.6 is 0 Å². The van der Waals surface area contributed by atoms with Gasteiger partial charge in [0.15, 0.2) is 5.65 Å². The van der Waals surface area contributed by atoms with Crippen LogP contribution < -0.4 is 15.5 Å². The monoisotopic (exact) mass is 259 g/mol. The minimum atomic E-state index is -0.153. The molecule has 0 unspecified atom stereocenters. The predicted molar refractivity (Wildman–Crippen MR) is 67.8 cm³/mol. The minimum Gasteiger partial charge on any atom is -0.336 e. The zero-order valence-electron chi connectivity index (χ0n) is 10.4. The second-order valence-corrected chi connectivity index (χ2v) is 5.18. The molecule has 4 rings (SSSR count). The first-order valence-electron chi connectivity index (χ1n) is 6.10. The number of rotatable bonds is 1. The second-order valence-electron chi connectivity index (χ2n) is 5.18. The third-order valence-electron chi connectivity index (χ3n) is 3.71. The Balaban J connectivity index is 1.58. The lowest BCUT2D eigenvalue weighted by Gasteiger charge is -2.46. The summed E-state index contributed by atoms with van der Waals surface area (Å²) in [7, 11) is 1.91. The van der Waals surface area contributed by atoms with Gasteiger partial charge in [-0.1, -0.05) is 0 Å². The number of fused-ring (bicyclic) bond motifs is 1. The molecule has 0 aromatic carbocycles. The predicted octanol–water partition coefficient (Wildman–Crippen LogP) is -0.765. The van der Waals surface area contributed by atoms with Gasteiger partial charge in [0.25, 0.3) is 0 Å². The van der Waals surface area contributed by atoms with Gasteiger partial charge in [0.05, 0.1) is 18.1 Å². The largest absolute Gasteiger partial charge is 0.336 e. The van der Waals surface area contributed by atoms with Crippen molar-refractivity contribution in [1.29, 1.82) is 0 Å². The van der Waals surface area contributed by atoms with Gasteiger partial charge in [-0.15, -0.1) is 0 Å². The summed E-state index contributed by atoms with van der Waals surface area (Å²) in [5.41, 5.74) is 1.45. The SMILES string of the molecule is Cn1cnc2nc(N3CC4(CNC(=O)N4)C3)ncc21. The van der Waals surface area contributed by atoms with E-state index in [4.69, 9.17) is 0 Å². The van der Waals surface area contributed by atoms with Gasteiger partial charge in [-0.3, -0.25) is 0 Å². The van der Waals surface area contributed by atoms with Crippen molar-refractivity contribution in [1.82, 2.24) is 30.2 Å². The van der Waals surface area contributed by atoms with Crippen molar-refractivity contribution in [3.63, 3.8) is 0 Å². The molecule has 1 spiro atoms. The number of nitrogens with one attached hydrogen (secondary N) is 2. The molecule has 2 amide bonds. The maximum absolute atomic E-state index is 11.2. The molecule has 0 aliphatic carbocycles. The van der Waals surface area contributed by atoms with E-state index in [1.807, 2.05) is 16.5 Å². The van der Waals surface area contributed by atoms with Crippen LogP contribution in [0.25, 0.3) is 11.2 Å². The summed E-state index contributed by atoms with van der Waals surface area (Å²) in [6.45, 7) is 2.11. The molecule has 0 radical (unpaired) electrons. The number of aromatic nitrogens is 4. The van der Waals surface area contributed by atoms with Crippen LogP contribution in [0.1, 0.15) is 0 Å². The molecule has 2 aromatic rings. The number of carbonyl (C=O) groups excluding carboxylic acids is 1. The number of amides is 2. The van der Waals surface area contributed by atoms with Gasteiger partial charge >= 0.3 is 6.03 Å². The highest BCUT2D eigenvalue weighted by Crippen LogP contribution is 2.27. The highest BCUT2D eigenvalue weighted by molar-refractivity contribution is 5.79. The average molecular weight is 259 g/mol. The van der Waals surface area contributed by atoms with Gasteiger partial charge in [0.1, 0.15) is 5.52 Å². The third-order valence-corrected chi connectivity index (χ3v) is 3.71. The molecule has 0 bridgehead atoms. The fraction of sp³-hybridized carbons (Fsp3) is 0.455. The van der Waals surface area contributed by atoms with E-state index >= 15 is 0 Å². The van der Waals surface area contributed by atoms with Gasteiger partial charge in [0.2, 0.25) is 5.95 Å². The van der Waals surface area contributed by atoms with Crippen molar-refractivity contribution < 1.29 is 4.79 Å². The maximum atomic E-state index is 11.2. The molecule has 2 aliphatic rings. The van der Waals surface area contributed by atoms with Gasteiger partial charge < -0.3 is 20.1 Å². The van der Waals surface area contributed by atoms with Crippen molar-refractivity contribution in [2.24, 2.45) is 7.05 Å². The molecule has 4 heterocycles. The molecule has 8 nitrogen and oxygen atoms in total. The number of carbonyl (C=O) groups is 1. The number of urea groups is 1. The Kier molecular flexibility index (Phi) is 1.85. The Morgan fingerprint density at radius 3 is 2.95 bits per heavy atom. The summed E-state index contributed by atoms with van der Waals surface area (Å²) in [4.78, 5) is 26.3. The van der Waals surface area contributed by atoms with Crippen LogP contribution in [0.5, 0.6) is 0 Å². The van der Waals surface area contributed by atoms with Crippen molar-refractivity contribution in [2.75, 3.05) is 24.5 Å². The Hall–Kier alpha value is -2.38. The lowest BCUT2D eigenvalue weighted by molar-refractivity contribution is 0.239. The lowest BCUT2D eigenvalue weighted by Crippen LogP contribution is -2.69. The maximum Gasteiger partial charge on any atom is 0.315 e. The number of hydrogen-bond donors (Lipinski definition) is 2. The first-order valence-corrected chi connectivity index (χ1v) is 6.10. The molecule has 19 heavy (non-hydrogen) atoms. The molecule has 0 saturated carbocycles. The molecular weight excluding hydrogens is 246 g/mol. The Bertz CT molecular complexity index is 673. The average Bonchev–Trinajstić information content (AvgIpc) is 2.92. The Labute approximate surface area is 108 Å². The lowest BCUT2D eigenvalue weighted by atomic mass is 9.91. The summed E-state index contributed by atoms with van der Waals surface area (Å²) in [6.07, 6.45) is 3.50. The Morgan fingerprint density at radius 1 is 1.37 bits per heavy atom. The molecule has 2 saturated heterocycles. The van der Waals surface area contributed by atoms with Crippen LogP contribution in [-0.2, 0) is 7.05 Å². The summed E-state index contributed by atoms with van der Waals surface area (Å²) < 4.78 is 1.89. The number of imidazole rings is 1. The smallest absolute Gasteiger partial charge is 0.315 e. The fourth-order valence-electron chi connectivity index (χ4n) is 2.65. The van der Waals surface area contributed by atoms with Crippen molar-refractivity contribution in [3.05, 3.63) is 12.5 Å². The second kappa shape index (κ2) is 3.34. The van der Waals surface area contributed by atoms with Crippen molar-refractivity contribution >= 4 is 23.1 Å². The summed E-state index contributed by atoms with van der Waals surface area (Å²) >= 11 is 0. The normalized spacial score (nSPS) is 20.5. The third kappa shape index (κ3) is 1.46. The first-order chi connectivity index (χ1) is 9.15. The fourth-order valence-corrected chi connectivity index (χ4v) is 2.65. The van der Waals surface area contributed by atoms with E-state index in [0.717, 1.165) is 18.6 Å². The van der Waals surface area contributed by atoms with Crippen LogP contribution in [0.4, 0.5) is 10.7 Å². The van der Waals surface area contributed by atoms with E-state index in [1.54, 1.807) is 12.5 Å². The van der Waals surface area contributed by atoms with Crippen LogP contribution in [0.15, 0.2) is 12.5 Å². The zero-order chi connectivity index (χ0) is 13.0. The molecular formula is C11H13N7O. The van der Waals surface area contributed by atoms with Gasteiger partial charge in [-0.2, -0.15) is 4.98 Å². The number of aryl methyl sites for hydroxylation is 1. The zero-order valence-corrected chi connectivity index (χ0v) is 10.4. The van der Waals surface area contributed by atoms with Crippen LogP contribution in [-0.4, -0.2) is 50.7 Å². The summed E-state index contributed by atoms with van der Waals surface area (Å²) in [5, 5.41) is 5.72. The highest BCUT2D eigenvalue weighted by Gasteiger charge is 2.48. The Morgan fingerprint density at radius 2 is 2.21 bits per heavy atom. The van der Waals surface area contributed by atoms with Gasteiger partial charge in [0, 0.05) is 26.7 Å². The van der Waals surface area contributed by atoms with Crippen molar-refractivity contribution in [3.8, 4) is 0 Å². The summed E-state index contributed by atoms with van der Waals surface area (Å²) in [6, 6.07) is -0.0965. The molecule has 0 atom stereocenters. The topological polar surface area (TPSA) is 88.0 Å². The van der Waals surface area contributed by atoms with E-state index in [-0.39, 0.29) is 11.6 Å². The van der Waals surface area contributed by atoms with Gasteiger partial charge in [-0.25, -0.2) is 14.8 Å². The molecule has 8 heteroatoms. The van der Waals surface area contributed by atoms with Crippen molar-refractivity contribution in [2.45, 2.75) is 5.54 Å². The van der Waals surface area contributed by atoms with Crippen LogP contribution in [0.3, 0.4) is 0 Å². The van der Waals surface area contributed by atoms with E-state index in [9.17, 15) is 4.79 Å². The molecule has 98 valence electrons. The van der Waals surface area contributed by atoms with Crippen LogP contribution in [0, 0.1) is 0 Å². The van der Waals surface area contributed by atoms with E-state index in [0.29, 0.717) is 18.1 Å². The number of anilines is 1. The van der Waals surface area contributed by atoms with E-state index < -0.39 is 0 Å². The number of nitrogens with zero attached hydrogens (tertiary/aromatic N) is 5. The van der Waals surface area contributed by atoms with E-state index in [1.165, 1.54) is 0 Å². The first kappa shape index (κ1) is 10.5. The molecule has 2 aliphatic heterocycles. The molecule has 2 aromatic heterocycles. The number of hydrogen-bond acceptors (Lipinski definition) is 5. The quantitative estimate of drug-likeness (QED) is 0.702. The molecule has 2 N–H and O–H groups in total. The highest BCUT2D eigenvalue weighted by atomic mass is 16.2. The molecule has 2 fully saturated rings. The van der Waals surface area contributed by atoms with E-state index in [2.05, 4.69) is 25.6 Å². The van der Waals surface area contributed by atoms with Crippen LogP contribution in [0.2, 0.25) is 0 Å². The van der Waals surface area contributed by atoms with Gasteiger partial charge in [-0.05, 0) is 0 Å². The standard InChI is InChI=1S/C11H13N7O/c1-17-6-14-8-7(17)2-12-9(15-8)18-4-11(5-18)3-13-10(19)16-11/h2,6H,3-5H2,1H3,(H2,13,16,19). The summed E-state index contributed by atoms with van der Waals surface area (Å²) in [5.74, 6) is 0.665. The minimum absolute atomic E-state index is 0.0965.